The van der Waals surface area contributed by atoms with Crippen LogP contribution in [0.4, 0.5) is 5.69 Å². The lowest BCUT2D eigenvalue weighted by Gasteiger charge is -2.14. The molecule has 0 radical (unpaired) electrons. The zero-order chi connectivity index (χ0) is 13.5. The van der Waals surface area contributed by atoms with Crippen molar-refractivity contribution in [3.05, 3.63) is 22.7 Å². The molecule has 4 nitrogen and oxygen atoms in total. The zero-order valence-electron chi connectivity index (χ0n) is 10.7. The van der Waals surface area contributed by atoms with Crippen molar-refractivity contribution in [2.24, 2.45) is 0 Å². The fourth-order valence-electron chi connectivity index (χ4n) is 1.36. The number of rotatable bonds is 5. The van der Waals surface area contributed by atoms with Crippen LogP contribution in [0.15, 0.2) is 12.1 Å². The highest BCUT2D eigenvalue weighted by molar-refractivity contribution is 7.80. The van der Waals surface area contributed by atoms with Gasteiger partial charge in [-0.25, -0.2) is 0 Å². The summed E-state index contributed by atoms with van der Waals surface area (Å²) in [4.78, 5) is 0. The Labute approximate surface area is 118 Å². The summed E-state index contributed by atoms with van der Waals surface area (Å²) >= 11 is 11.2. The highest BCUT2D eigenvalue weighted by Gasteiger charge is 2.08. The Balaban J connectivity index is 2.71. The minimum Gasteiger partial charge on any atom is -0.495 e. The molecule has 1 aromatic rings. The number of anilines is 1. The average Bonchev–Trinajstić information content (AvgIpc) is 2.34. The lowest BCUT2D eigenvalue weighted by atomic mass is 10.2. The first-order valence-electron chi connectivity index (χ1n) is 5.46. The molecule has 2 N–H and O–H groups in total. The molecule has 0 spiro atoms. The SMILES string of the molecule is COCCNC(=S)Nc1cc(C)c(Cl)cc1OC. The van der Waals surface area contributed by atoms with Crippen LogP contribution >= 0.6 is 23.8 Å². The molecule has 0 aliphatic heterocycles. The number of methoxy groups -OCH3 is 2. The van der Waals surface area contributed by atoms with Gasteiger partial charge >= 0.3 is 0 Å². The summed E-state index contributed by atoms with van der Waals surface area (Å²) in [6, 6.07) is 3.66. The van der Waals surface area contributed by atoms with Crippen LogP contribution in [0, 0.1) is 6.92 Å². The van der Waals surface area contributed by atoms with E-state index in [9.17, 15) is 0 Å². The summed E-state index contributed by atoms with van der Waals surface area (Å²) in [6.07, 6.45) is 0. The molecule has 6 heteroatoms. The largest absolute Gasteiger partial charge is 0.495 e. The first kappa shape index (κ1) is 15.0. The maximum absolute atomic E-state index is 6.03. The van der Waals surface area contributed by atoms with E-state index in [1.807, 2.05) is 13.0 Å². The van der Waals surface area contributed by atoms with Gasteiger partial charge < -0.3 is 20.1 Å². The van der Waals surface area contributed by atoms with Gasteiger partial charge in [-0.15, -0.1) is 0 Å². The molecular formula is C12H17ClN2O2S. The molecule has 1 rings (SSSR count). The molecule has 0 heterocycles. The van der Waals surface area contributed by atoms with Crippen molar-refractivity contribution < 1.29 is 9.47 Å². The van der Waals surface area contributed by atoms with Crippen molar-refractivity contribution in [1.82, 2.24) is 5.32 Å². The number of benzene rings is 1. The molecule has 0 saturated carbocycles. The van der Waals surface area contributed by atoms with E-state index >= 15 is 0 Å². The van der Waals surface area contributed by atoms with Gasteiger partial charge in [0.2, 0.25) is 0 Å². The number of hydrogen-bond donors (Lipinski definition) is 2. The molecule has 0 bridgehead atoms. The third-order valence-electron chi connectivity index (χ3n) is 2.32. The predicted molar refractivity (Wildman–Crippen MR) is 78.8 cm³/mol. The van der Waals surface area contributed by atoms with Crippen LogP contribution in [-0.4, -0.2) is 32.5 Å². The maximum atomic E-state index is 6.03. The molecular weight excluding hydrogens is 272 g/mol. The normalized spacial score (nSPS) is 10.0. The van der Waals surface area contributed by atoms with Crippen LogP contribution in [0.2, 0.25) is 5.02 Å². The van der Waals surface area contributed by atoms with Gasteiger partial charge in [-0.1, -0.05) is 11.6 Å². The second-order valence-corrected chi connectivity index (χ2v) is 4.49. The van der Waals surface area contributed by atoms with Gasteiger partial charge in [-0.3, -0.25) is 0 Å². The Morgan fingerprint density at radius 1 is 1.39 bits per heavy atom. The van der Waals surface area contributed by atoms with Crippen LogP contribution in [0.1, 0.15) is 5.56 Å². The summed E-state index contributed by atoms with van der Waals surface area (Å²) in [7, 11) is 3.23. The van der Waals surface area contributed by atoms with Gasteiger partial charge in [0.15, 0.2) is 5.11 Å². The number of ether oxygens (including phenoxy) is 2. The van der Waals surface area contributed by atoms with Gasteiger partial charge in [0, 0.05) is 24.7 Å². The monoisotopic (exact) mass is 288 g/mol. The van der Waals surface area contributed by atoms with E-state index in [2.05, 4.69) is 10.6 Å². The summed E-state index contributed by atoms with van der Waals surface area (Å²) in [5.74, 6) is 0.654. The second-order valence-electron chi connectivity index (χ2n) is 3.68. The van der Waals surface area contributed by atoms with Crippen LogP contribution in [0.25, 0.3) is 0 Å². The van der Waals surface area contributed by atoms with Crippen LogP contribution in [0.5, 0.6) is 5.75 Å². The fourth-order valence-corrected chi connectivity index (χ4v) is 1.73. The van der Waals surface area contributed by atoms with Crippen molar-refractivity contribution >= 4 is 34.6 Å². The lowest BCUT2D eigenvalue weighted by molar-refractivity contribution is 0.204. The van der Waals surface area contributed by atoms with Crippen molar-refractivity contribution in [1.29, 1.82) is 0 Å². The smallest absolute Gasteiger partial charge is 0.170 e. The zero-order valence-corrected chi connectivity index (χ0v) is 12.2. The quantitative estimate of drug-likeness (QED) is 0.644. The van der Waals surface area contributed by atoms with E-state index in [4.69, 9.17) is 33.3 Å². The van der Waals surface area contributed by atoms with E-state index in [1.54, 1.807) is 20.3 Å². The number of halogens is 1. The van der Waals surface area contributed by atoms with E-state index in [0.29, 0.717) is 29.0 Å². The molecule has 0 amide bonds. The summed E-state index contributed by atoms with van der Waals surface area (Å²) in [5, 5.41) is 7.28. The van der Waals surface area contributed by atoms with E-state index in [-0.39, 0.29) is 0 Å². The van der Waals surface area contributed by atoms with Gasteiger partial charge in [-0.05, 0) is 30.8 Å². The lowest BCUT2D eigenvalue weighted by Crippen LogP contribution is -2.31. The highest BCUT2D eigenvalue weighted by Crippen LogP contribution is 2.30. The van der Waals surface area contributed by atoms with E-state index in [0.717, 1.165) is 11.3 Å². The molecule has 18 heavy (non-hydrogen) atoms. The molecule has 0 atom stereocenters. The standard InChI is InChI=1S/C12H17ClN2O2S/c1-8-6-10(11(17-3)7-9(8)13)15-12(18)14-4-5-16-2/h6-7H,4-5H2,1-3H3,(H2,14,15,18). The van der Waals surface area contributed by atoms with Gasteiger partial charge in [0.1, 0.15) is 5.75 Å². The second kappa shape index (κ2) is 7.41. The van der Waals surface area contributed by atoms with Crippen molar-refractivity contribution in [2.75, 3.05) is 32.7 Å². The van der Waals surface area contributed by atoms with Gasteiger partial charge in [0.05, 0.1) is 19.4 Å². The van der Waals surface area contributed by atoms with Crippen LogP contribution in [-0.2, 0) is 4.74 Å². The summed E-state index contributed by atoms with van der Waals surface area (Å²) in [6.45, 7) is 3.17. The van der Waals surface area contributed by atoms with Gasteiger partial charge in [-0.2, -0.15) is 0 Å². The average molecular weight is 289 g/mol. The Morgan fingerprint density at radius 2 is 2.11 bits per heavy atom. The van der Waals surface area contributed by atoms with Crippen LogP contribution < -0.4 is 15.4 Å². The Kier molecular flexibility index (Phi) is 6.18. The Hall–Kier alpha value is -1.04. The number of nitrogens with one attached hydrogen (secondary N) is 2. The van der Waals surface area contributed by atoms with Crippen molar-refractivity contribution in [3.8, 4) is 5.75 Å². The molecule has 0 aliphatic rings. The molecule has 0 aliphatic carbocycles. The third kappa shape index (κ3) is 4.33. The molecule has 100 valence electrons. The minimum absolute atomic E-state index is 0.520. The maximum Gasteiger partial charge on any atom is 0.170 e. The van der Waals surface area contributed by atoms with Gasteiger partial charge in [0.25, 0.3) is 0 Å². The molecule has 0 unspecified atom stereocenters. The van der Waals surface area contributed by atoms with E-state index in [1.165, 1.54) is 0 Å². The van der Waals surface area contributed by atoms with E-state index < -0.39 is 0 Å². The Bertz CT molecular complexity index is 427. The van der Waals surface area contributed by atoms with Crippen LogP contribution in [0.3, 0.4) is 0 Å². The first-order chi connectivity index (χ1) is 8.58. The first-order valence-corrected chi connectivity index (χ1v) is 6.25. The van der Waals surface area contributed by atoms with Crippen molar-refractivity contribution in [2.45, 2.75) is 6.92 Å². The number of hydrogen-bond acceptors (Lipinski definition) is 3. The molecule has 0 saturated heterocycles. The molecule has 0 aromatic heterocycles. The minimum atomic E-state index is 0.520. The summed E-state index contributed by atoms with van der Waals surface area (Å²) in [5.41, 5.74) is 1.74. The highest BCUT2D eigenvalue weighted by atomic mass is 35.5. The summed E-state index contributed by atoms with van der Waals surface area (Å²) < 4.78 is 10.2. The topological polar surface area (TPSA) is 42.5 Å². The Morgan fingerprint density at radius 3 is 2.72 bits per heavy atom. The predicted octanol–water partition coefficient (Wildman–Crippen LogP) is 2.59. The number of thiocarbonyl (C=S) groups is 1. The number of aryl methyl sites for hydroxylation is 1. The molecule has 0 fully saturated rings. The molecule has 1 aromatic carbocycles. The third-order valence-corrected chi connectivity index (χ3v) is 2.97. The fraction of sp³-hybridized carbons (Fsp3) is 0.417. The van der Waals surface area contributed by atoms with Crippen molar-refractivity contribution in [3.63, 3.8) is 0 Å².